The summed E-state index contributed by atoms with van der Waals surface area (Å²) in [5.41, 5.74) is 8.32. The number of primary amides is 1. The number of halogens is 1. The quantitative estimate of drug-likeness (QED) is 0.409. The molecule has 3 heterocycles. The number of benzene rings is 2. The van der Waals surface area contributed by atoms with E-state index in [1.54, 1.807) is 4.90 Å². The number of nitrogens with zero attached hydrogens (tertiary/aromatic N) is 3. The second-order valence-electron chi connectivity index (χ2n) is 9.31. The molecule has 0 spiro atoms. The summed E-state index contributed by atoms with van der Waals surface area (Å²) in [6.45, 7) is 6.60. The number of thiophene rings is 1. The largest absolute Gasteiger partial charge is 0.491 e. The molecule has 3 aromatic rings. The third kappa shape index (κ3) is 5.37. The van der Waals surface area contributed by atoms with Gasteiger partial charge in [-0.15, -0.1) is 11.3 Å². The number of hydrogen-bond acceptors (Lipinski definition) is 5. The number of aryl methyl sites for hydroxylation is 1. The van der Waals surface area contributed by atoms with E-state index >= 15 is 0 Å². The maximum atomic E-state index is 12.2. The molecule has 35 heavy (non-hydrogen) atoms. The molecule has 0 saturated carbocycles. The molecule has 6 nitrogen and oxygen atoms in total. The number of hydrogen-bond donors (Lipinski definition) is 1. The molecule has 0 unspecified atom stereocenters. The highest BCUT2D eigenvalue weighted by Gasteiger charge is 2.22. The third-order valence-electron chi connectivity index (χ3n) is 6.98. The molecule has 0 bridgehead atoms. The van der Waals surface area contributed by atoms with Crippen LogP contribution in [0, 0.1) is 0 Å². The van der Waals surface area contributed by atoms with Crippen molar-refractivity contribution in [2.75, 3.05) is 55.7 Å². The van der Waals surface area contributed by atoms with Crippen molar-refractivity contribution >= 4 is 49.7 Å². The van der Waals surface area contributed by atoms with Crippen molar-refractivity contribution in [2.45, 2.75) is 32.1 Å². The van der Waals surface area contributed by atoms with Gasteiger partial charge < -0.3 is 20.3 Å². The number of unbranched alkanes of at least 4 members (excludes halogenated alkanes) is 1. The van der Waals surface area contributed by atoms with Crippen LogP contribution in [0.3, 0.4) is 0 Å². The van der Waals surface area contributed by atoms with Gasteiger partial charge in [0.15, 0.2) is 0 Å². The molecule has 2 N–H and O–H groups in total. The van der Waals surface area contributed by atoms with Crippen molar-refractivity contribution in [3.63, 3.8) is 0 Å². The number of urea groups is 1. The lowest BCUT2D eigenvalue weighted by molar-refractivity contribution is 0.253. The van der Waals surface area contributed by atoms with E-state index in [0.717, 1.165) is 92.3 Å². The number of anilines is 2. The minimum absolute atomic E-state index is 0.447. The number of amides is 2. The normalized spacial score (nSPS) is 16.5. The maximum Gasteiger partial charge on any atom is 0.319 e. The molecule has 2 aliphatic rings. The maximum absolute atomic E-state index is 12.2. The Kier molecular flexibility index (Phi) is 7.66. The fraction of sp³-hybridized carbons (Fsp3) is 0.444. The van der Waals surface area contributed by atoms with Crippen LogP contribution in [0.2, 0.25) is 5.02 Å². The van der Waals surface area contributed by atoms with Gasteiger partial charge in [0.25, 0.3) is 0 Å². The van der Waals surface area contributed by atoms with Gasteiger partial charge >= 0.3 is 6.03 Å². The van der Waals surface area contributed by atoms with E-state index in [9.17, 15) is 4.79 Å². The summed E-state index contributed by atoms with van der Waals surface area (Å²) >= 11 is 8.12. The van der Waals surface area contributed by atoms with Crippen LogP contribution in [-0.4, -0.2) is 56.8 Å². The lowest BCUT2D eigenvalue weighted by atomic mass is 10.0. The number of fused-ring (bicyclic) bond motifs is 2. The average molecular weight is 513 g/mol. The fourth-order valence-electron chi connectivity index (χ4n) is 5.15. The first-order valence-electron chi connectivity index (χ1n) is 12.6. The summed E-state index contributed by atoms with van der Waals surface area (Å²) in [5.74, 6) is 1.10. The number of rotatable bonds is 7. The van der Waals surface area contributed by atoms with Crippen molar-refractivity contribution in [3.8, 4) is 5.75 Å². The molecule has 1 aromatic heterocycles. The topological polar surface area (TPSA) is 62.0 Å². The average Bonchev–Trinajstić information content (AvgIpc) is 3.04. The summed E-state index contributed by atoms with van der Waals surface area (Å²) in [7, 11) is 0. The zero-order valence-corrected chi connectivity index (χ0v) is 21.6. The fourth-order valence-corrected chi connectivity index (χ4v) is 6.71. The molecular weight excluding hydrogens is 480 g/mol. The molecule has 5 rings (SSSR count). The molecule has 2 aromatic carbocycles. The van der Waals surface area contributed by atoms with Gasteiger partial charge in [-0.25, -0.2) is 4.79 Å². The highest BCUT2D eigenvalue weighted by molar-refractivity contribution is 7.23. The van der Waals surface area contributed by atoms with Gasteiger partial charge in [-0.3, -0.25) is 4.90 Å². The molecule has 2 aliphatic heterocycles. The predicted octanol–water partition coefficient (Wildman–Crippen LogP) is 5.76. The van der Waals surface area contributed by atoms with Crippen LogP contribution in [0.25, 0.3) is 10.1 Å². The number of nitrogens with two attached hydrogens (primary N) is 1. The molecular formula is C27H33ClN4O2S. The van der Waals surface area contributed by atoms with Crippen LogP contribution < -0.4 is 20.3 Å². The number of para-hydroxylation sites is 1. The van der Waals surface area contributed by atoms with E-state index in [4.69, 9.17) is 22.1 Å². The molecule has 0 radical (unpaired) electrons. The minimum Gasteiger partial charge on any atom is -0.491 e. The first-order valence-corrected chi connectivity index (χ1v) is 13.8. The van der Waals surface area contributed by atoms with Gasteiger partial charge in [0.2, 0.25) is 0 Å². The van der Waals surface area contributed by atoms with E-state index in [1.807, 2.05) is 24.3 Å². The van der Waals surface area contributed by atoms with Gasteiger partial charge in [0.1, 0.15) is 10.8 Å². The summed E-state index contributed by atoms with van der Waals surface area (Å²) in [6.07, 6.45) is 5.24. The lowest BCUT2D eigenvalue weighted by Crippen LogP contribution is -2.36. The Balaban J connectivity index is 1.14. The number of carbonyl (C=O) groups excluding carboxylic acids is 1. The van der Waals surface area contributed by atoms with Gasteiger partial charge in [-0.1, -0.05) is 41.9 Å². The molecule has 0 aliphatic carbocycles. The van der Waals surface area contributed by atoms with Crippen molar-refractivity contribution in [2.24, 2.45) is 5.73 Å². The summed E-state index contributed by atoms with van der Waals surface area (Å²) in [5, 5.41) is 2.34. The molecule has 0 atom stereocenters. The zero-order valence-electron chi connectivity index (χ0n) is 20.0. The second kappa shape index (κ2) is 11.1. The Morgan fingerprint density at radius 1 is 1.06 bits per heavy atom. The van der Waals surface area contributed by atoms with E-state index in [-0.39, 0.29) is 0 Å². The zero-order chi connectivity index (χ0) is 24.2. The lowest BCUT2D eigenvalue weighted by Gasteiger charge is -2.28. The van der Waals surface area contributed by atoms with E-state index in [0.29, 0.717) is 11.6 Å². The van der Waals surface area contributed by atoms with Crippen LogP contribution in [0.15, 0.2) is 42.5 Å². The molecule has 8 heteroatoms. The van der Waals surface area contributed by atoms with Crippen molar-refractivity contribution in [3.05, 3.63) is 53.1 Å². The first kappa shape index (κ1) is 24.2. The van der Waals surface area contributed by atoms with Gasteiger partial charge in [0.05, 0.1) is 17.3 Å². The Hall–Kier alpha value is -2.48. The summed E-state index contributed by atoms with van der Waals surface area (Å²) in [6, 6.07) is 14.1. The minimum atomic E-state index is -0.447. The molecule has 1 fully saturated rings. The van der Waals surface area contributed by atoms with Crippen LogP contribution >= 0.6 is 22.9 Å². The van der Waals surface area contributed by atoms with Gasteiger partial charge in [0, 0.05) is 36.3 Å². The molecule has 1 saturated heterocycles. The SMILES string of the molecule is NC(=O)N(CCCCN1CCCN(c2cccc3c2OCCC3)CC1)c1sc2ccccc2c1Cl. The Morgan fingerprint density at radius 3 is 2.80 bits per heavy atom. The van der Waals surface area contributed by atoms with Crippen LogP contribution in [0.5, 0.6) is 5.75 Å². The number of carbonyl (C=O) groups is 1. The van der Waals surface area contributed by atoms with Crippen LogP contribution in [0.4, 0.5) is 15.5 Å². The van der Waals surface area contributed by atoms with Crippen molar-refractivity contribution < 1.29 is 9.53 Å². The summed E-state index contributed by atoms with van der Waals surface area (Å²) < 4.78 is 7.12. The highest BCUT2D eigenvalue weighted by Crippen LogP contribution is 2.42. The smallest absolute Gasteiger partial charge is 0.319 e. The van der Waals surface area contributed by atoms with E-state index in [1.165, 1.54) is 22.6 Å². The van der Waals surface area contributed by atoms with Crippen molar-refractivity contribution in [1.82, 2.24) is 4.90 Å². The molecule has 2 amide bonds. The van der Waals surface area contributed by atoms with Gasteiger partial charge in [-0.2, -0.15) is 0 Å². The van der Waals surface area contributed by atoms with Crippen LogP contribution in [0.1, 0.15) is 31.2 Å². The van der Waals surface area contributed by atoms with Crippen molar-refractivity contribution in [1.29, 1.82) is 0 Å². The Labute approximate surface area is 216 Å². The summed E-state index contributed by atoms with van der Waals surface area (Å²) in [4.78, 5) is 18.9. The predicted molar refractivity (Wildman–Crippen MR) is 147 cm³/mol. The van der Waals surface area contributed by atoms with Gasteiger partial charge in [-0.05, 0) is 62.9 Å². The highest BCUT2D eigenvalue weighted by atomic mass is 35.5. The third-order valence-corrected chi connectivity index (χ3v) is 8.67. The monoisotopic (exact) mass is 512 g/mol. The van der Waals surface area contributed by atoms with E-state index in [2.05, 4.69) is 28.0 Å². The van der Waals surface area contributed by atoms with E-state index < -0.39 is 6.03 Å². The van der Waals surface area contributed by atoms with Crippen LogP contribution in [-0.2, 0) is 6.42 Å². The standard InChI is InChI=1S/C27H33ClN4O2S/c28-24-21-10-1-2-12-23(21)35-26(24)32(27(29)33)16-4-3-13-30-14-7-15-31(18-17-30)22-11-5-8-20-9-6-19-34-25(20)22/h1-2,5,8,10-12H,3-4,6-7,9,13-19H2,(H2,29,33). The Morgan fingerprint density at radius 2 is 1.94 bits per heavy atom. The molecule has 186 valence electrons. The second-order valence-corrected chi connectivity index (χ2v) is 10.7. The Bertz CT molecular complexity index is 1180. The first-order chi connectivity index (χ1) is 17.1. The number of ether oxygens (including phenoxy) is 1.